The number of methoxy groups -OCH3 is 1. The van der Waals surface area contributed by atoms with Crippen LogP contribution in [0.15, 0.2) is 27.8 Å². The zero-order valence-corrected chi connectivity index (χ0v) is 16.0. The van der Waals surface area contributed by atoms with E-state index in [9.17, 15) is 0 Å². The van der Waals surface area contributed by atoms with Crippen molar-refractivity contribution in [3.8, 4) is 0 Å². The summed E-state index contributed by atoms with van der Waals surface area (Å²) in [7, 11) is 1.77. The molecule has 1 aromatic heterocycles. The summed E-state index contributed by atoms with van der Waals surface area (Å²) in [6.07, 6.45) is 10.0. The molecule has 146 valence electrons. The summed E-state index contributed by atoms with van der Waals surface area (Å²) >= 11 is 0. The fraction of sp³-hybridized carbons (Fsp3) is 0.750. The van der Waals surface area contributed by atoms with Crippen molar-refractivity contribution < 1.29 is 13.9 Å². The minimum absolute atomic E-state index is 0.296. The molecule has 0 radical (unpaired) electrons. The SMILES string of the molecule is COCCC1(CN=C(NCCc2ccco2)NCC2CCCCO2)CC1. The highest BCUT2D eigenvalue weighted by molar-refractivity contribution is 5.79. The fourth-order valence-electron chi connectivity index (χ4n) is 3.34. The van der Waals surface area contributed by atoms with Gasteiger partial charge in [0.1, 0.15) is 5.76 Å². The predicted molar refractivity (Wildman–Crippen MR) is 102 cm³/mol. The molecule has 2 heterocycles. The molecule has 1 saturated carbocycles. The third-order valence-corrected chi connectivity index (χ3v) is 5.38. The lowest BCUT2D eigenvalue weighted by molar-refractivity contribution is 0.0194. The van der Waals surface area contributed by atoms with E-state index in [1.54, 1.807) is 13.4 Å². The van der Waals surface area contributed by atoms with Crippen LogP contribution >= 0.6 is 0 Å². The van der Waals surface area contributed by atoms with Gasteiger partial charge in [-0.3, -0.25) is 4.99 Å². The first-order valence-corrected chi connectivity index (χ1v) is 9.95. The number of nitrogens with zero attached hydrogens (tertiary/aromatic N) is 1. The maximum Gasteiger partial charge on any atom is 0.191 e. The van der Waals surface area contributed by atoms with Crippen LogP contribution < -0.4 is 10.6 Å². The van der Waals surface area contributed by atoms with Crippen molar-refractivity contribution in [1.82, 2.24) is 10.6 Å². The summed E-state index contributed by atoms with van der Waals surface area (Å²) in [6.45, 7) is 4.18. The van der Waals surface area contributed by atoms with Crippen LogP contribution in [0.25, 0.3) is 0 Å². The number of rotatable bonds is 10. The highest BCUT2D eigenvalue weighted by atomic mass is 16.5. The molecule has 0 bridgehead atoms. The van der Waals surface area contributed by atoms with E-state index in [2.05, 4.69) is 10.6 Å². The Morgan fingerprint density at radius 1 is 1.35 bits per heavy atom. The summed E-state index contributed by atoms with van der Waals surface area (Å²) in [5, 5.41) is 6.92. The van der Waals surface area contributed by atoms with E-state index in [1.807, 2.05) is 12.1 Å². The van der Waals surface area contributed by atoms with Crippen LogP contribution in [0.5, 0.6) is 0 Å². The van der Waals surface area contributed by atoms with E-state index in [-0.39, 0.29) is 0 Å². The molecule has 1 unspecified atom stereocenters. The van der Waals surface area contributed by atoms with E-state index < -0.39 is 0 Å². The van der Waals surface area contributed by atoms with Crippen LogP contribution in [0.3, 0.4) is 0 Å². The van der Waals surface area contributed by atoms with E-state index in [0.29, 0.717) is 11.5 Å². The Labute approximate surface area is 156 Å². The summed E-state index contributed by atoms with van der Waals surface area (Å²) in [5.74, 6) is 1.88. The zero-order valence-electron chi connectivity index (χ0n) is 16.0. The summed E-state index contributed by atoms with van der Waals surface area (Å²) in [6, 6.07) is 3.93. The van der Waals surface area contributed by atoms with Gasteiger partial charge in [0.05, 0.1) is 12.4 Å². The molecular weight excluding hydrogens is 330 g/mol. The highest BCUT2D eigenvalue weighted by Gasteiger charge is 2.41. The largest absolute Gasteiger partial charge is 0.469 e. The van der Waals surface area contributed by atoms with Gasteiger partial charge >= 0.3 is 0 Å². The second kappa shape index (κ2) is 9.97. The minimum Gasteiger partial charge on any atom is -0.469 e. The quantitative estimate of drug-likeness (QED) is 0.494. The molecule has 1 saturated heterocycles. The van der Waals surface area contributed by atoms with Crippen molar-refractivity contribution in [2.45, 2.75) is 51.0 Å². The van der Waals surface area contributed by atoms with Gasteiger partial charge < -0.3 is 24.5 Å². The molecule has 1 aliphatic heterocycles. The first-order chi connectivity index (χ1) is 12.8. The molecule has 1 atom stereocenters. The van der Waals surface area contributed by atoms with Crippen LogP contribution in [0.4, 0.5) is 0 Å². The second-order valence-corrected chi connectivity index (χ2v) is 7.53. The fourth-order valence-corrected chi connectivity index (χ4v) is 3.34. The second-order valence-electron chi connectivity index (χ2n) is 7.53. The Bertz CT molecular complexity index is 535. The third kappa shape index (κ3) is 6.32. The number of furan rings is 1. The monoisotopic (exact) mass is 363 g/mol. The Kier molecular flexibility index (Phi) is 7.38. The standard InChI is InChI=1S/C20H33N3O3/c1-24-14-10-20(8-9-20)16-23-19(21-11-7-17-6-4-13-25-17)22-15-18-5-2-3-12-26-18/h4,6,13,18H,2-3,5,7-12,14-16H2,1H3,(H2,21,22,23). The van der Waals surface area contributed by atoms with E-state index >= 15 is 0 Å². The molecule has 26 heavy (non-hydrogen) atoms. The van der Waals surface area contributed by atoms with Crippen LogP contribution in [-0.2, 0) is 15.9 Å². The third-order valence-electron chi connectivity index (χ3n) is 5.38. The Hall–Kier alpha value is -1.53. The number of aliphatic imine (C=N–C) groups is 1. The topological polar surface area (TPSA) is 68.0 Å². The minimum atomic E-state index is 0.296. The number of hydrogen-bond acceptors (Lipinski definition) is 4. The van der Waals surface area contributed by atoms with Gasteiger partial charge in [0.25, 0.3) is 0 Å². The Morgan fingerprint density at radius 3 is 2.96 bits per heavy atom. The Balaban J connectivity index is 1.48. The molecule has 2 fully saturated rings. The van der Waals surface area contributed by atoms with Crippen molar-refractivity contribution in [2.75, 3.05) is 40.0 Å². The lowest BCUT2D eigenvalue weighted by Crippen LogP contribution is -2.43. The normalized spacial score (nSPS) is 22.2. The van der Waals surface area contributed by atoms with Gasteiger partial charge in [-0.25, -0.2) is 0 Å². The molecule has 6 heteroatoms. The smallest absolute Gasteiger partial charge is 0.191 e. The van der Waals surface area contributed by atoms with Crippen LogP contribution in [0, 0.1) is 5.41 Å². The molecule has 0 amide bonds. The van der Waals surface area contributed by atoms with Crippen molar-refractivity contribution >= 4 is 5.96 Å². The zero-order chi connectivity index (χ0) is 18.1. The maximum absolute atomic E-state index is 5.83. The molecule has 1 aromatic rings. The van der Waals surface area contributed by atoms with Gasteiger partial charge in [-0.15, -0.1) is 0 Å². The molecule has 0 spiro atoms. The van der Waals surface area contributed by atoms with Gasteiger partial charge in [0, 0.05) is 46.4 Å². The first-order valence-electron chi connectivity index (χ1n) is 9.95. The molecule has 0 aromatic carbocycles. The number of hydrogen-bond donors (Lipinski definition) is 2. The Morgan fingerprint density at radius 2 is 2.27 bits per heavy atom. The summed E-state index contributed by atoms with van der Waals surface area (Å²) in [4.78, 5) is 4.87. The first kappa shape index (κ1) is 19.2. The summed E-state index contributed by atoms with van der Waals surface area (Å²) in [5.41, 5.74) is 0.354. The number of guanidine groups is 1. The maximum atomic E-state index is 5.83. The molecule has 2 aliphatic rings. The molecule has 2 N–H and O–H groups in total. The van der Waals surface area contributed by atoms with Gasteiger partial charge in [0.2, 0.25) is 0 Å². The lowest BCUT2D eigenvalue weighted by Gasteiger charge is -2.24. The summed E-state index contributed by atoms with van der Waals surface area (Å²) < 4.78 is 16.5. The van der Waals surface area contributed by atoms with E-state index in [4.69, 9.17) is 18.9 Å². The molecule has 1 aliphatic carbocycles. The van der Waals surface area contributed by atoms with Gasteiger partial charge in [-0.1, -0.05) is 0 Å². The molecule has 6 nitrogen and oxygen atoms in total. The van der Waals surface area contributed by atoms with Crippen molar-refractivity contribution in [2.24, 2.45) is 10.4 Å². The predicted octanol–water partition coefficient (Wildman–Crippen LogP) is 2.74. The number of ether oxygens (including phenoxy) is 2. The van der Waals surface area contributed by atoms with Crippen LogP contribution in [0.1, 0.15) is 44.3 Å². The van der Waals surface area contributed by atoms with E-state index in [1.165, 1.54) is 25.7 Å². The highest BCUT2D eigenvalue weighted by Crippen LogP contribution is 2.48. The average molecular weight is 364 g/mol. The molecular formula is C20H33N3O3. The number of nitrogens with one attached hydrogen (secondary N) is 2. The molecule has 3 rings (SSSR count). The van der Waals surface area contributed by atoms with Gasteiger partial charge in [-0.2, -0.15) is 0 Å². The van der Waals surface area contributed by atoms with Crippen LogP contribution in [-0.4, -0.2) is 52.0 Å². The van der Waals surface area contributed by atoms with Crippen molar-refractivity contribution in [3.63, 3.8) is 0 Å². The van der Waals surface area contributed by atoms with Crippen LogP contribution in [0.2, 0.25) is 0 Å². The van der Waals surface area contributed by atoms with Gasteiger partial charge in [-0.05, 0) is 56.1 Å². The van der Waals surface area contributed by atoms with Crippen molar-refractivity contribution in [3.05, 3.63) is 24.2 Å². The van der Waals surface area contributed by atoms with Gasteiger partial charge in [0.15, 0.2) is 5.96 Å². The van der Waals surface area contributed by atoms with Crippen molar-refractivity contribution in [1.29, 1.82) is 0 Å². The average Bonchev–Trinajstić information content (AvgIpc) is 3.26. The van der Waals surface area contributed by atoms with E-state index in [0.717, 1.165) is 63.8 Å². The lowest BCUT2D eigenvalue weighted by atomic mass is 10.0.